The molecule has 1 saturated heterocycles. The van der Waals surface area contributed by atoms with Crippen LogP contribution in [0.4, 0.5) is 4.79 Å². The first kappa shape index (κ1) is 12.7. The molecule has 0 bridgehead atoms. The molecule has 18 heavy (non-hydrogen) atoms. The van der Waals surface area contributed by atoms with Gasteiger partial charge in [-0.3, -0.25) is 4.98 Å². The van der Waals surface area contributed by atoms with Crippen molar-refractivity contribution in [2.24, 2.45) is 0 Å². The number of hydrogen-bond acceptors (Lipinski definition) is 4. The van der Waals surface area contributed by atoms with Crippen LogP contribution >= 0.6 is 11.8 Å². The van der Waals surface area contributed by atoms with Crippen LogP contribution < -0.4 is 5.32 Å². The molecule has 7 heteroatoms. The Hall–Kier alpha value is -1.76. The Morgan fingerprint density at radius 3 is 2.89 bits per heavy atom. The van der Waals surface area contributed by atoms with E-state index in [1.165, 1.54) is 16.7 Å². The summed E-state index contributed by atoms with van der Waals surface area (Å²) in [5, 5.41) is 11.7. The molecule has 1 aromatic heterocycles. The van der Waals surface area contributed by atoms with Crippen molar-refractivity contribution in [2.75, 3.05) is 11.6 Å². The number of carbonyl (C=O) groups excluding carboxylic acids is 1. The van der Waals surface area contributed by atoms with Gasteiger partial charge in [-0.25, -0.2) is 9.59 Å². The lowest BCUT2D eigenvalue weighted by atomic mass is 10.3. The highest BCUT2D eigenvalue weighted by Gasteiger charge is 2.34. The van der Waals surface area contributed by atoms with E-state index in [4.69, 9.17) is 5.11 Å². The number of urea groups is 1. The average Bonchev–Trinajstić information content (AvgIpc) is 2.86. The molecule has 0 aromatic carbocycles. The largest absolute Gasteiger partial charge is 0.480 e. The van der Waals surface area contributed by atoms with Gasteiger partial charge in [-0.05, 0) is 17.7 Å². The van der Waals surface area contributed by atoms with Gasteiger partial charge in [0.2, 0.25) is 0 Å². The average molecular weight is 267 g/mol. The number of carbonyl (C=O) groups is 2. The van der Waals surface area contributed by atoms with Crippen molar-refractivity contribution in [3.05, 3.63) is 30.1 Å². The number of aliphatic carboxylic acids is 1. The second kappa shape index (κ2) is 5.72. The van der Waals surface area contributed by atoms with Gasteiger partial charge >= 0.3 is 12.0 Å². The molecule has 1 aromatic rings. The van der Waals surface area contributed by atoms with Crippen LogP contribution in [-0.2, 0) is 11.3 Å². The van der Waals surface area contributed by atoms with Gasteiger partial charge in [-0.15, -0.1) is 11.8 Å². The highest BCUT2D eigenvalue weighted by atomic mass is 32.2. The first-order valence-electron chi connectivity index (χ1n) is 5.42. The summed E-state index contributed by atoms with van der Waals surface area (Å²) in [6, 6.07) is 2.53. The first-order valence-corrected chi connectivity index (χ1v) is 6.58. The second-order valence-electron chi connectivity index (χ2n) is 3.84. The van der Waals surface area contributed by atoms with Gasteiger partial charge in [0.05, 0.1) is 5.88 Å². The second-order valence-corrected chi connectivity index (χ2v) is 4.84. The van der Waals surface area contributed by atoms with E-state index in [0.717, 1.165) is 5.56 Å². The summed E-state index contributed by atoms with van der Waals surface area (Å²) in [5.41, 5.74) is 0.928. The molecule has 0 unspecified atom stereocenters. The maximum Gasteiger partial charge on any atom is 0.327 e. The number of nitrogens with one attached hydrogen (secondary N) is 1. The fourth-order valence-electron chi connectivity index (χ4n) is 1.63. The number of amides is 2. The zero-order chi connectivity index (χ0) is 13.0. The Morgan fingerprint density at radius 1 is 1.50 bits per heavy atom. The van der Waals surface area contributed by atoms with Crippen LogP contribution in [0.1, 0.15) is 5.56 Å². The van der Waals surface area contributed by atoms with Crippen molar-refractivity contribution in [1.29, 1.82) is 0 Å². The highest BCUT2D eigenvalue weighted by Crippen LogP contribution is 2.20. The third kappa shape index (κ3) is 2.92. The molecule has 96 valence electrons. The van der Waals surface area contributed by atoms with E-state index in [9.17, 15) is 9.59 Å². The molecule has 2 N–H and O–H groups in total. The van der Waals surface area contributed by atoms with Crippen LogP contribution in [0.3, 0.4) is 0 Å². The van der Waals surface area contributed by atoms with Crippen molar-refractivity contribution in [3.63, 3.8) is 0 Å². The maximum atomic E-state index is 11.9. The fraction of sp³-hybridized carbons (Fsp3) is 0.364. The topological polar surface area (TPSA) is 82.5 Å². The fourth-order valence-corrected chi connectivity index (χ4v) is 2.77. The first-order chi connectivity index (χ1) is 8.68. The molecule has 0 spiro atoms. The minimum absolute atomic E-state index is 0.343. The molecule has 6 nitrogen and oxygen atoms in total. The molecule has 1 aliphatic heterocycles. The minimum atomic E-state index is -0.959. The SMILES string of the molecule is O=C(O)[C@@H]1CSCN1C(=O)NCc1ccncc1. The third-order valence-electron chi connectivity index (χ3n) is 2.62. The Kier molecular flexibility index (Phi) is 4.03. The zero-order valence-electron chi connectivity index (χ0n) is 9.57. The molecular weight excluding hydrogens is 254 g/mol. The van der Waals surface area contributed by atoms with Crippen LogP contribution in [0.2, 0.25) is 0 Å². The molecule has 1 aliphatic rings. The monoisotopic (exact) mass is 267 g/mol. The van der Waals surface area contributed by atoms with E-state index in [0.29, 0.717) is 18.2 Å². The Labute approximate surface area is 108 Å². The van der Waals surface area contributed by atoms with Gasteiger partial charge in [0, 0.05) is 24.7 Å². The Bertz CT molecular complexity index is 440. The van der Waals surface area contributed by atoms with Gasteiger partial charge in [-0.2, -0.15) is 0 Å². The van der Waals surface area contributed by atoms with Crippen molar-refractivity contribution in [1.82, 2.24) is 15.2 Å². The van der Waals surface area contributed by atoms with Gasteiger partial charge in [0.25, 0.3) is 0 Å². The summed E-state index contributed by atoms with van der Waals surface area (Å²) in [7, 11) is 0. The predicted molar refractivity (Wildman–Crippen MR) is 67.1 cm³/mol. The molecular formula is C11H13N3O3S. The molecule has 2 rings (SSSR count). The Morgan fingerprint density at radius 2 is 2.22 bits per heavy atom. The van der Waals surface area contributed by atoms with E-state index in [1.807, 2.05) is 0 Å². The number of carboxylic acid groups (broad SMARTS) is 1. The molecule has 2 amide bonds. The van der Waals surface area contributed by atoms with Crippen LogP contribution in [0, 0.1) is 0 Å². The predicted octanol–water partition coefficient (Wildman–Crippen LogP) is 0.751. The molecule has 0 saturated carbocycles. The molecule has 1 atom stereocenters. The minimum Gasteiger partial charge on any atom is -0.480 e. The third-order valence-corrected chi connectivity index (χ3v) is 3.63. The molecule has 2 heterocycles. The van der Waals surface area contributed by atoms with E-state index < -0.39 is 12.0 Å². The van der Waals surface area contributed by atoms with Crippen molar-refractivity contribution in [3.8, 4) is 0 Å². The van der Waals surface area contributed by atoms with Crippen molar-refractivity contribution in [2.45, 2.75) is 12.6 Å². The number of thioether (sulfide) groups is 1. The van der Waals surface area contributed by atoms with Gasteiger partial charge < -0.3 is 15.3 Å². The van der Waals surface area contributed by atoms with Crippen molar-refractivity contribution >= 4 is 23.8 Å². The van der Waals surface area contributed by atoms with E-state index >= 15 is 0 Å². The normalized spacial score (nSPS) is 18.7. The molecule has 0 radical (unpaired) electrons. The molecule has 1 fully saturated rings. The number of rotatable bonds is 3. The summed E-state index contributed by atoms with van der Waals surface area (Å²) < 4.78 is 0. The summed E-state index contributed by atoms with van der Waals surface area (Å²) in [6.07, 6.45) is 3.29. The number of hydrogen-bond donors (Lipinski definition) is 2. The van der Waals surface area contributed by atoms with Gasteiger partial charge in [0.1, 0.15) is 6.04 Å². The quantitative estimate of drug-likeness (QED) is 0.844. The lowest BCUT2D eigenvalue weighted by molar-refractivity contribution is -0.140. The number of aromatic nitrogens is 1. The lowest BCUT2D eigenvalue weighted by Gasteiger charge is -2.20. The summed E-state index contributed by atoms with van der Waals surface area (Å²) in [5.74, 6) is -0.101. The number of nitrogens with zero attached hydrogens (tertiary/aromatic N) is 2. The summed E-state index contributed by atoms with van der Waals surface area (Å²) in [6.45, 7) is 0.370. The maximum absolute atomic E-state index is 11.9. The van der Waals surface area contributed by atoms with E-state index in [-0.39, 0.29) is 6.03 Å². The van der Waals surface area contributed by atoms with Gasteiger partial charge in [0.15, 0.2) is 0 Å². The lowest BCUT2D eigenvalue weighted by Crippen LogP contribution is -2.46. The van der Waals surface area contributed by atoms with E-state index in [2.05, 4.69) is 10.3 Å². The van der Waals surface area contributed by atoms with Crippen LogP contribution in [0.25, 0.3) is 0 Å². The van der Waals surface area contributed by atoms with Crippen LogP contribution in [0.15, 0.2) is 24.5 Å². The van der Waals surface area contributed by atoms with Gasteiger partial charge in [-0.1, -0.05) is 0 Å². The standard InChI is InChI=1S/C11H13N3O3S/c15-10(16)9-6-18-7-14(9)11(17)13-5-8-1-3-12-4-2-8/h1-4,9H,5-7H2,(H,13,17)(H,15,16)/t9-/m0/s1. The van der Waals surface area contributed by atoms with Crippen LogP contribution in [0.5, 0.6) is 0 Å². The summed E-state index contributed by atoms with van der Waals surface area (Å²) >= 11 is 1.44. The van der Waals surface area contributed by atoms with Crippen molar-refractivity contribution < 1.29 is 14.7 Å². The molecule has 0 aliphatic carbocycles. The zero-order valence-corrected chi connectivity index (χ0v) is 10.4. The Balaban J connectivity index is 1.90. The smallest absolute Gasteiger partial charge is 0.327 e. The van der Waals surface area contributed by atoms with Crippen LogP contribution in [-0.4, -0.2) is 44.7 Å². The number of carboxylic acids is 1. The highest BCUT2D eigenvalue weighted by molar-refractivity contribution is 7.99. The van der Waals surface area contributed by atoms with E-state index in [1.54, 1.807) is 24.5 Å². The number of pyridine rings is 1. The summed E-state index contributed by atoms with van der Waals surface area (Å²) in [4.78, 5) is 28.0.